The lowest BCUT2D eigenvalue weighted by molar-refractivity contribution is -0.120. The van der Waals surface area contributed by atoms with E-state index < -0.39 is 0 Å². The van der Waals surface area contributed by atoms with Crippen LogP contribution >= 0.6 is 0 Å². The number of hydrogen-bond donors (Lipinski definition) is 1. The zero-order valence-corrected chi connectivity index (χ0v) is 18.4. The first kappa shape index (κ1) is 21.2. The SMILES string of the molecule is COc1cccc(CNC(=O)Cc2c3c(n(C(C)C)c2C)CC(C)(C)CC3=O)c1. The highest BCUT2D eigenvalue weighted by Gasteiger charge is 2.37. The number of hydrogen-bond acceptors (Lipinski definition) is 3. The fourth-order valence-corrected chi connectivity index (χ4v) is 4.49. The van der Waals surface area contributed by atoms with Gasteiger partial charge in [0.25, 0.3) is 0 Å². The van der Waals surface area contributed by atoms with Crippen molar-refractivity contribution in [3.8, 4) is 5.75 Å². The van der Waals surface area contributed by atoms with Crippen LogP contribution in [0.15, 0.2) is 24.3 Å². The van der Waals surface area contributed by atoms with Gasteiger partial charge < -0.3 is 14.6 Å². The van der Waals surface area contributed by atoms with Gasteiger partial charge in [0.15, 0.2) is 5.78 Å². The molecule has 0 aliphatic heterocycles. The first-order valence-corrected chi connectivity index (χ1v) is 10.3. The molecule has 2 aromatic rings. The number of Topliss-reactive ketones (excluding diaryl/α,β-unsaturated/α-hetero) is 1. The lowest BCUT2D eigenvalue weighted by Gasteiger charge is -2.31. The zero-order chi connectivity index (χ0) is 21.3. The standard InChI is InChI=1S/C24H32N2O3/c1-15(2)26-16(3)19(23-20(26)12-24(4,5)13-21(23)27)11-22(28)25-14-17-8-7-9-18(10-17)29-6/h7-10,15H,11-14H2,1-6H3,(H,25,28). The fourth-order valence-electron chi connectivity index (χ4n) is 4.49. The molecule has 0 fully saturated rings. The van der Waals surface area contributed by atoms with Gasteiger partial charge in [0.05, 0.1) is 13.5 Å². The molecule has 0 radical (unpaired) electrons. The maximum atomic E-state index is 13.0. The second-order valence-corrected chi connectivity index (χ2v) is 9.10. The number of amides is 1. The highest BCUT2D eigenvalue weighted by atomic mass is 16.5. The third kappa shape index (κ3) is 4.39. The van der Waals surface area contributed by atoms with Gasteiger partial charge in [-0.3, -0.25) is 9.59 Å². The van der Waals surface area contributed by atoms with Gasteiger partial charge in [-0.1, -0.05) is 26.0 Å². The van der Waals surface area contributed by atoms with Gasteiger partial charge in [-0.05, 0) is 55.9 Å². The summed E-state index contributed by atoms with van der Waals surface area (Å²) >= 11 is 0. The van der Waals surface area contributed by atoms with Crippen LogP contribution in [0.4, 0.5) is 0 Å². The van der Waals surface area contributed by atoms with Gasteiger partial charge in [0.2, 0.25) is 5.91 Å². The molecule has 0 bridgehead atoms. The number of ketones is 1. The number of ether oxygens (including phenoxy) is 1. The third-order valence-corrected chi connectivity index (χ3v) is 5.72. The molecule has 1 heterocycles. The zero-order valence-electron chi connectivity index (χ0n) is 18.4. The van der Waals surface area contributed by atoms with E-state index in [9.17, 15) is 9.59 Å². The van der Waals surface area contributed by atoms with Gasteiger partial charge in [-0.25, -0.2) is 0 Å². The quantitative estimate of drug-likeness (QED) is 0.787. The Bertz CT molecular complexity index is 938. The average Bonchev–Trinajstić information content (AvgIpc) is 2.90. The molecule has 0 saturated heterocycles. The summed E-state index contributed by atoms with van der Waals surface area (Å²) in [5.41, 5.74) is 4.73. The van der Waals surface area contributed by atoms with Crippen LogP contribution in [0.2, 0.25) is 0 Å². The number of carbonyl (C=O) groups excluding carboxylic acids is 2. The van der Waals surface area contributed by atoms with Crippen LogP contribution in [-0.2, 0) is 24.2 Å². The smallest absolute Gasteiger partial charge is 0.224 e. The number of fused-ring (bicyclic) bond motifs is 1. The Kier molecular flexibility index (Phi) is 5.87. The van der Waals surface area contributed by atoms with Crippen molar-refractivity contribution in [1.82, 2.24) is 9.88 Å². The molecule has 0 spiro atoms. The predicted octanol–water partition coefficient (Wildman–Crippen LogP) is 4.40. The average molecular weight is 397 g/mol. The predicted molar refractivity (Wildman–Crippen MR) is 115 cm³/mol. The fraction of sp³-hybridized carbons (Fsp3) is 0.500. The number of carbonyl (C=O) groups is 2. The maximum absolute atomic E-state index is 13.0. The number of methoxy groups -OCH3 is 1. The number of aromatic nitrogens is 1. The van der Waals surface area contributed by atoms with Crippen LogP contribution in [0.5, 0.6) is 5.75 Å². The van der Waals surface area contributed by atoms with E-state index in [1.165, 1.54) is 0 Å². The lowest BCUT2D eigenvalue weighted by atomic mass is 9.75. The Morgan fingerprint density at radius 3 is 2.66 bits per heavy atom. The highest BCUT2D eigenvalue weighted by Crippen LogP contribution is 2.40. The van der Waals surface area contributed by atoms with Crippen molar-refractivity contribution < 1.29 is 14.3 Å². The number of nitrogens with zero attached hydrogens (tertiary/aromatic N) is 1. The molecular weight excluding hydrogens is 364 g/mol. The van der Waals surface area contributed by atoms with Crippen molar-refractivity contribution in [3.05, 3.63) is 52.3 Å². The van der Waals surface area contributed by atoms with E-state index in [4.69, 9.17) is 4.74 Å². The second-order valence-electron chi connectivity index (χ2n) is 9.10. The summed E-state index contributed by atoms with van der Waals surface area (Å²) in [4.78, 5) is 25.7. The Hall–Kier alpha value is -2.56. The minimum Gasteiger partial charge on any atom is -0.497 e. The van der Waals surface area contributed by atoms with Crippen LogP contribution in [0.25, 0.3) is 0 Å². The van der Waals surface area contributed by atoms with Crippen LogP contribution in [0, 0.1) is 12.3 Å². The maximum Gasteiger partial charge on any atom is 0.224 e. The Labute approximate surface area is 173 Å². The van der Waals surface area contributed by atoms with Gasteiger partial charge >= 0.3 is 0 Å². The van der Waals surface area contributed by atoms with Crippen LogP contribution in [0.1, 0.15) is 73.0 Å². The van der Waals surface area contributed by atoms with Crippen molar-refractivity contribution in [2.75, 3.05) is 7.11 Å². The van der Waals surface area contributed by atoms with Crippen molar-refractivity contribution in [2.45, 2.75) is 66.5 Å². The van der Waals surface area contributed by atoms with E-state index in [2.05, 4.69) is 37.6 Å². The molecule has 5 nitrogen and oxygen atoms in total. The molecule has 1 aliphatic carbocycles. The number of benzene rings is 1. The summed E-state index contributed by atoms with van der Waals surface area (Å²) in [6.07, 6.45) is 1.61. The molecule has 5 heteroatoms. The molecular formula is C24H32N2O3. The molecule has 1 N–H and O–H groups in total. The third-order valence-electron chi connectivity index (χ3n) is 5.72. The van der Waals surface area contributed by atoms with Crippen molar-refractivity contribution in [1.29, 1.82) is 0 Å². The molecule has 1 amide bonds. The van der Waals surface area contributed by atoms with E-state index in [1.54, 1.807) is 7.11 Å². The molecule has 1 aromatic heterocycles. The summed E-state index contributed by atoms with van der Waals surface area (Å²) in [7, 11) is 1.63. The molecule has 0 saturated carbocycles. The lowest BCUT2D eigenvalue weighted by Crippen LogP contribution is -2.29. The van der Waals surface area contributed by atoms with E-state index in [1.807, 2.05) is 31.2 Å². The van der Waals surface area contributed by atoms with Gasteiger partial charge in [0, 0.05) is 36.0 Å². The number of rotatable bonds is 6. The Morgan fingerprint density at radius 2 is 2.00 bits per heavy atom. The minimum atomic E-state index is -0.0720. The van der Waals surface area contributed by atoms with E-state index >= 15 is 0 Å². The summed E-state index contributed by atoms with van der Waals surface area (Å²) in [5, 5.41) is 2.99. The molecule has 156 valence electrons. The van der Waals surface area contributed by atoms with E-state index in [0.29, 0.717) is 13.0 Å². The molecule has 0 atom stereocenters. The monoisotopic (exact) mass is 396 g/mol. The van der Waals surface area contributed by atoms with Crippen LogP contribution in [-0.4, -0.2) is 23.4 Å². The largest absolute Gasteiger partial charge is 0.497 e. The molecule has 3 rings (SSSR count). The van der Waals surface area contributed by atoms with Gasteiger partial charge in [0.1, 0.15) is 5.75 Å². The van der Waals surface area contributed by atoms with Crippen molar-refractivity contribution in [3.63, 3.8) is 0 Å². The second kappa shape index (κ2) is 8.05. The molecule has 1 aliphatic rings. The van der Waals surface area contributed by atoms with E-state index in [-0.39, 0.29) is 29.6 Å². The Morgan fingerprint density at radius 1 is 1.28 bits per heavy atom. The molecule has 0 unspecified atom stereocenters. The highest BCUT2D eigenvalue weighted by molar-refractivity contribution is 6.01. The molecule has 1 aromatic carbocycles. The Balaban J connectivity index is 1.83. The van der Waals surface area contributed by atoms with Gasteiger partial charge in [-0.2, -0.15) is 0 Å². The van der Waals surface area contributed by atoms with Gasteiger partial charge in [-0.15, -0.1) is 0 Å². The summed E-state index contributed by atoms with van der Waals surface area (Å²) < 4.78 is 7.48. The van der Waals surface area contributed by atoms with Crippen molar-refractivity contribution in [2.24, 2.45) is 5.41 Å². The van der Waals surface area contributed by atoms with E-state index in [0.717, 1.165) is 40.2 Å². The first-order valence-electron chi connectivity index (χ1n) is 10.3. The number of nitrogens with one attached hydrogen (secondary N) is 1. The summed E-state index contributed by atoms with van der Waals surface area (Å²) in [5.74, 6) is 0.857. The minimum absolute atomic E-state index is 0.0482. The first-order chi connectivity index (χ1) is 13.6. The summed E-state index contributed by atoms with van der Waals surface area (Å²) in [6, 6.07) is 7.90. The normalized spacial score (nSPS) is 15.3. The van der Waals surface area contributed by atoms with Crippen molar-refractivity contribution >= 4 is 11.7 Å². The van der Waals surface area contributed by atoms with Crippen LogP contribution < -0.4 is 10.1 Å². The van der Waals surface area contributed by atoms with Crippen LogP contribution in [0.3, 0.4) is 0 Å². The molecule has 29 heavy (non-hydrogen) atoms. The summed E-state index contributed by atoms with van der Waals surface area (Å²) in [6.45, 7) is 11.0. The topological polar surface area (TPSA) is 60.3 Å².